The molecule has 8 nitrogen and oxygen atoms in total. The van der Waals surface area contributed by atoms with Gasteiger partial charge >= 0.3 is 5.97 Å². The molecule has 0 saturated carbocycles. The topological polar surface area (TPSA) is 96.2 Å². The molecule has 1 unspecified atom stereocenters. The number of fused-ring (bicyclic) bond motifs is 1. The van der Waals surface area contributed by atoms with Crippen LogP contribution in [-0.4, -0.2) is 37.6 Å². The number of methoxy groups -OCH3 is 3. The van der Waals surface area contributed by atoms with E-state index >= 15 is 0 Å². The molecule has 2 aromatic carbocycles. The molecule has 4 rings (SSSR count). The van der Waals surface area contributed by atoms with E-state index in [1.807, 2.05) is 0 Å². The maximum absolute atomic E-state index is 13.6. The Morgan fingerprint density at radius 2 is 1.77 bits per heavy atom. The highest BCUT2D eigenvalue weighted by Crippen LogP contribution is 2.37. The van der Waals surface area contributed by atoms with Crippen LogP contribution in [0.25, 0.3) is 6.08 Å². The molecule has 0 amide bonds. The van der Waals surface area contributed by atoms with E-state index < -0.39 is 12.0 Å². The van der Waals surface area contributed by atoms with Crippen LogP contribution in [0.15, 0.2) is 63.5 Å². The quantitative estimate of drug-likeness (QED) is 0.491. The number of nitrogens with zero attached hydrogens (tertiary/aromatic N) is 2. The van der Waals surface area contributed by atoms with Crippen molar-refractivity contribution < 1.29 is 23.8 Å². The molecule has 0 fully saturated rings. The van der Waals surface area contributed by atoms with E-state index in [1.165, 1.54) is 37.0 Å². The highest BCUT2D eigenvalue weighted by Gasteiger charge is 2.32. The first-order chi connectivity index (χ1) is 16.8. The van der Waals surface area contributed by atoms with Gasteiger partial charge in [0, 0.05) is 22.9 Å². The Labute approximate surface area is 205 Å². The fourth-order valence-electron chi connectivity index (χ4n) is 4.09. The first kappa shape index (κ1) is 24.2. The van der Waals surface area contributed by atoms with Crippen LogP contribution in [-0.2, 0) is 9.53 Å². The highest BCUT2D eigenvalue weighted by atomic mass is 32.1. The van der Waals surface area contributed by atoms with E-state index in [2.05, 4.69) is 4.99 Å². The summed E-state index contributed by atoms with van der Waals surface area (Å²) in [6.07, 6.45) is 1.74. The fraction of sp³-hybridized carbons (Fsp3) is 0.231. The maximum Gasteiger partial charge on any atom is 0.337 e. The number of hydrogen-bond acceptors (Lipinski definition) is 8. The van der Waals surface area contributed by atoms with Crippen LogP contribution in [0.2, 0.25) is 0 Å². The molecule has 0 bridgehead atoms. The Kier molecular flexibility index (Phi) is 6.70. The predicted molar refractivity (Wildman–Crippen MR) is 132 cm³/mol. The van der Waals surface area contributed by atoms with Gasteiger partial charge in [-0.25, -0.2) is 9.79 Å². The van der Waals surface area contributed by atoms with Gasteiger partial charge in [-0.15, -0.1) is 0 Å². The second-order valence-electron chi connectivity index (χ2n) is 7.86. The third-order valence-corrected chi connectivity index (χ3v) is 6.75. The van der Waals surface area contributed by atoms with Crippen LogP contribution < -0.4 is 24.4 Å². The van der Waals surface area contributed by atoms with Gasteiger partial charge in [-0.3, -0.25) is 14.2 Å². The number of ether oxygens (including phenoxy) is 3. The van der Waals surface area contributed by atoms with Gasteiger partial charge in [0.05, 0.1) is 37.5 Å². The molecule has 0 saturated heterocycles. The van der Waals surface area contributed by atoms with E-state index in [-0.39, 0.29) is 11.3 Å². The zero-order valence-corrected chi connectivity index (χ0v) is 20.8. The Morgan fingerprint density at radius 3 is 2.37 bits per heavy atom. The lowest BCUT2D eigenvalue weighted by atomic mass is 9.92. The average molecular weight is 493 g/mol. The van der Waals surface area contributed by atoms with E-state index in [9.17, 15) is 14.4 Å². The van der Waals surface area contributed by atoms with Crippen LogP contribution >= 0.6 is 11.3 Å². The summed E-state index contributed by atoms with van der Waals surface area (Å²) in [6.45, 7) is 3.23. The van der Waals surface area contributed by atoms with Crippen molar-refractivity contribution >= 4 is 29.2 Å². The molecule has 180 valence electrons. The summed E-state index contributed by atoms with van der Waals surface area (Å²) in [6, 6.07) is 11.3. The number of benzene rings is 2. The lowest BCUT2D eigenvalue weighted by Gasteiger charge is -2.26. The Bertz CT molecular complexity index is 1530. The summed E-state index contributed by atoms with van der Waals surface area (Å²) in [5.41, 5.74) is 2.51. The molecule has 0 radical (unpaired) electrons. The summed E-state index contributed by atoms with van der Waals surface area (Å²) in [5, 5.41) is 0. The third kappa shape index (κ3) is 4.42. The Morgan fingerprint density at radius 1 is 1.06 bits per heavy atom. The zero-order chi connectivity index (χ0) is 25.3. The lowest BCUT2D eigenvalue weighted by Crippen LogP contribution is -2.39. The zero-order valence-electron chi connectivity index (χ0n) is 19.9. The van der Waals surface area contributed by atoms with Gasteiger partial charge in [0.1, 0.15) is 11.5 Å². The number of carbonyl (C=O) groups excluding carboxylic acids is 2. The van der Waals surface area contributed by atoms with Gasteiger partial charge in [-0.2, -0.15) is 0 Å². The molecule has 1 atom stereocenters. The van der Waals surface area contributed by atoms with E-state index in [4.69, 9.17) is 14.2 Å². The molecule has 0 N–H and O–H groups in total. The van der Waals surface area contributed by atoms with E-state index in [0.717, 1.165) is 5.56 Å². The van der Waals surface area contributed by atoms with Crippen molar-refractivity contribution in [3.63, 3.8) is 0 Å². The van der Waals surface area contributed by atoms with Crippen molar-refractivity contribution in [2.24, 2.45) is 4.99 Å². The van der Waals surface area contributed by atoms with Gasteiger partial charge in [-0.05, 0) is 49.8 Å². The normalized spacial score (nSPS) is 15.3. The van der Waals surface area contributed by atoms with E-state index in [1.54, 1.807) is 62.6 Å². The van der Waals surface area contributed by atoms with Gasteiger partial charge < -0.3 is 14.2 Å². The summed E-state index contributed by atoms with van der Waals surface area (Å²) in [4.78, 5) is 43.1. The van der Waals surface area contributed by atoms with Gasteiger partial charge in [0.15, 0.2) is 10.6 Å². The standard InChI is InChI=1S/C26H24N2O6S/c1-14-22(15(2)29)23(19-11-10-18(32-3)13-20(19)33-4)28-24(30)21(35-26(28)27-14)12-16-6-8-17(9-7-16)25(31)34-5/h6-13,23H,1-5H3/b21-12-. The highest BCUT2D eigenvalue weighted by molar-refractivity contribution is 7.07. The Hall–Kier alpha value is -3.98. The summed E-state index contributed by atoms with van der Waals surface area (Å²) in [5.74, 6) is 0.479. The number of ketones is 1. The van der Waals surface area contributed by atoms with Crippen molar-refractivity contribution in [2.75, 3.05) is 21.3 Å². The number of thiazole rings is 1. The summed E-state index contributed by atoms with van der Waals surface area (Å²) in [7, 11) is 4.41. The molecule has 1 aliphatic heterocycles. The number of rotatable bonds is 6. The summed E-state index contributed by atoms with van der Waals surface area (Å²) >= 11 is 1.23. The number of esters is 1. The minimum absolute atomic E-state index is 0.179. The largest absolute Gasteiger partial charge is 0.497 e. The lowest BCUT2D eigenvalue weighted by molar-refractivity contribution is -0.114. The number of Topliss-reactive ketones (excluding diaryl/α,β-unsaturated/α-hetero) is 1. The maximum atomic E-state index is 13.6. The second kappa shape index (κ2) is 9.71. The number of aromatic nitrogens is 1. The molecule has 3 aromatic rings. The van der Waals surface area contributed by atoms with Crippen molar-refractivity contribution in [2.45, 2.75) is 19.9 Å². The number of hydrogen-bond donors (Lipinski definition) is 0. The molecule has 35 heavy (non-hydrogen) atoms. The number of carbonyl (C=O) groups is 2. The molecule has 1 aromatic heterocycles. The van der Waals surface area contributed by atoms with Crippen LogP contribution in [0.5, 0.6) is 11.5 Å². The van der Waals surface area contributed by atoms with Crippen molar-refractivity contribution in [3.05, 3.63) is 90.1 Å². The molecule has 2 heterocycles. The second-order valence-corrected chi connectivity index (χ2v) is 8.87. The third-order valence-electron chi connectivity index (χ3n) is 5.77. The molecule has 0 spiro atoms. The van der Waals surface area contributed by atoms with Gasteiger partial charge in [0.25, 0.3) is 5.56 Å². The van der Waals surface area contributed by atoms with Gasteiger partial charge in [-0.1, -0.05) is 23.5 Å². The van der Waals surface area contributed by atoms with E-state index in [0.29, 0.717) is 43.2 Å². The van der Waals surface area contributed by atoms with Crippen LogP contribution in [0.3, 0.4) is 0 Å². The predicted octanol–water partition coefficient (Wildman–Crippen LogP) is 2.63. The van der Waals surface area contributed by atoms with Crippen molar-refractivity contribution in [1.29, 1.82) is 0 Å². The fourth-order valence-corrected chi connectivity index (χ4v) is 5.14. The minimum Gasteiger partial charge on any atom is -0.497 e. The molecule has 9 heteroatoms. The molecule has 0 aliphatic carbocycles. The minimum atomic E-state index is -0.701. The van der Waals surface area contributed by atoms with Gasteiger partial charge in [0.2, 0.25) is 0 Å². The van der Waals surface area contributed by atoms with Crippen LogP contribution in [0.1, 0.15) is 41.4 Å². The smallest absolute Gasteiger partial charge is 0.337 e. The monoisotopic (exact) mass is 492 g/mol. The van der Waals surface area contributed by atoms with Crippen LogP contribution in [0, 0.1) is 0 Å². The van der Waals surface area contributed by atoms with Crippen molar-refractivity contribution in [3.8, 4) is 11.5 Å². The first-order valence-corrected chi connectivity index (χ1v) is 11.5. The average Bonchev–Trinajstić information content (AvgIpc) is 3.16. The number of allylic oxidation sites excluding steroid dienone is 2. The molecule has 1 aliphatic rings. The van der Waals surface area contributed by atoms with Crippen LogP contribution in [0.4, 0.5) is 0 Å². The van der Waals surface area contributed by atoms with Crippen molar-refractivity contribution in [1.82, 2.24) is 4.57 Å². The molecular formula is C26H24N2O6S. The summed E-state index contributed by atoms with van der Waals surface area (Å²) < 4.78 is 17.6. The molecular weight excluding hydrogens is 468 g/mol. The first-order valence-electron chi connectivity index (χ1n) is 10.7. The Balaban J connectivity index is 1.92. The SMILES string of the molecule is COC(=O)c1ccc(/C=c2\sc3n(c2=O)C(c2ccc(OC)cc2OC)C(C(C)=O)=C(C)N=3)cc1.